The Labute approximate surface area is 206 Å². The van der Waals surface area contributed by atoms with Crippen LogP contribution in [-0.2, 0) is 10.2 Å². The molecular formula is C27H27F2N5O2. The normalized spacial score (nSPS) is 20.6. The number of hydrogen-bond donors (Lipinski definition) is 2. The molecule has 3 aromatic heterocycles. The van der Waals surface area contributed by atoms with E-state index in [4.69, 9.17) is 4.98 Å². The van der Waals surface area contributed by atoms with E-state index in [0.29, 0.717) is 29.6 Å². The molecule has 0 aliphatic heterocycles. The number of aromatic amines is 1. The minimum Gasteiger partial charge on any atom is -0.479 e. The number of aryl methyl sites for hydroxylation is 1. The summed E-state index contributed by atoms with van der Waals surface area (Å²) in [5.74, 6) is -1.89. The maximum atomic E-state index is 15.0. The Morgan fingerprint density at radius 1 is 1.33 bits per heavy atom. The molecular weight excluding hydrogens is 464 g/mol. The Hall–Kier alpha value is -3.80. The highest BCUT2D eigenvalue weighted by atomic mass is 19.1. The molecule has 7 nitrogen and oxygen atoms in total. The molecule has 5 rings (SSSR count). The first-order valence-electron chi connectivity index (χ1n) is 12.0. The number of halogens is 2. The summed E-state index contributed by atoms with van der Waals surface area (Å²) in [4.78, 5) is 16.4. The van der Waals surface area contributed by atoms with Gasteiger partial charge in [-0.1, -0.05) is 13.8 Å². The molecule has 0 radical (unpaired) electrons. The average Bonchev–Trinajstić information content (AvgIpc) is 3.42. The zero-order valence-corrected chi connectivity index (χ0v) is 20.4. The molecule has 3 heterocycles. The molecule has 1 aromatic carbocycles. The third kappa shape index (κ3) is 3.72. The Kier molecular flexibility index (Phi) is 5.58. The smallest absolute Gasteiger partial charge is 0.341 e. The lowest BCUT2D eigenvalue weighted by atomic mass is 9.73. The molecule has 4 aromatic rings. The maximum Gasteiger partial charge on any atom is 0.341 e. The van der Waals surface area contributed by atoms with E-state index in [2.05, 4.69) is 16.3 Å². The quantitative estimate of drug-likeness (QED) is 0.356. The molecule has 0 unspecified atom stereocenters. The topological polar surface area (TPSA) is 108 Å². The first-order valence-corrected chi connectivity index (χ1v) is 12.0. The number of aromatic nitrogens is 4. The van der Waals surface area contributed by atoms with Gasteiger partial charge >= 0.3 is 5.97 Å². The minimum atomic E-state index is -2.24. The van der Waals surface area contributed by atoms with E-state index in [1.807, 2.05) is 24.5 Å². The van der Waals surface area contributed by atoms with Crippen LogP contribution in [0.1, 0.15) is 68.7 Å². The van der Waals surface area contributed by atoms with Crippen molar-refractivity contribution in [2.24, 2.45) is 0 Å². The van der Waals surface area contributed by atoms with Gasteiger partial charge in [0.1, 0.15) is 5.82 Å². The number of nitriles is 1. The summed E-state index contributed by atoms with van der Waals surface area (Å²) in [5, 5.41) is 26.9. The molecule has 0 spiro atoms. The summed E-state index contributed by atoms with van der Waals surface area (Å²) in [7, 11) is 0. The number of rotatable bonds is 5. The first kappa shape index (κ1) is 23.9. The van der Waals surface area contributed by atoms with Crippen LogP contribution in [0.3, 0.4) is 0 Å². The fourth-order valence-corrected chi connectivity index (χ4v) is 5.54. The minimum absolute atomic E-state index is 0.0975. The van der Waals surface area contributed by atoms with Gasteiger partial charge in [0.25, 0.3) is 0 Å². The zero-order valence-electron chi connectivity index (χ0n) is 20.4. The van der Waals surface area contributed by atoms with Gasteiger partial charge in [0.05, 0.1) is 23.3 Å². The number of pyridine rings is 1. The fraction of sp³-hybridized carbons (Fsp3) is 0.407. The molecule has 2 N–H and O–H groups in total. The van der Waals surface area contributed by atoms with E-state index in [1.165, 1.54) is 6.07 Å². The molecule has 0 atom stereocenters. The van der Waals surface area contributed by atoms with Crippen molar-refractivity contribution in [1.82, 2.24) is 19.7 Å². The Balaban J connectivity index is 1.83. The van der Waals surface area contributed by atoms with Gasteiger partial charge in [-0.15, -0.1) is 0 Å². The number of fused-ring (bicyclic) bond motifs is 2. The third-order valence-electron chi connectivity index (χ3n) is 7.51. The van der Waals surface area contributed by atoms with Crippen molar-refractivity contribution >= 4 is 28.0 Å². The maximum absolute atomic E-state index is 15.0. The molecule has 9 heteroatoms. The van der Waals surface area contributed by atoms with E-state index < -0.39 is 17.1 Å². The lowest BCUT2D eigenvalue weighted by Crippen LogP contribution is -2.37. The van der Waals surface area contributed by atoms with Gasteiger partial charge in [-0.05, 0) is 68.4 Å². The van der Waals surface area contributed by atoms with E-state index in [1.54, 1.807) is 25.3 Å². The fourth-order valence-electron chi connectivity index (χ4n) is 5.54. The van der Waals surface area contributed by atoms with Crippen molar-refractivity contribution in [2.45, 2.75) is 69.9 Å². The third-order valence-corrected chi connectivity index (χ3v) is 7.51. The zero-order chi connectivity index (χ0) is 25.8. The lowest BCUT2D eigenvalue weighted by molar-refractivity contribution is -0.153. The second-order valence-electron chi connectivity index (χ2n) is 10.5. The summed E-state index contributed by atoms with van der Waals surface area (Å²) < 4.78 is 31.2. The Morgan fingerprint density at radius 3 is 2.69 bits per heavy atom. The van der Waals surface area contributed by atoms with Crippen LogP contribution in [0.25, 0.3) is 27.8 Å². The van der Waals surface area contributed by atoms with Crippen LogP contribution in [0.2, 0.25) is 0 Å². The lowest BCUT2D eigenvalue weighted by Gasteiger charge is -2.33. The van der Waals surface area contributed by atoms with Crippen LogP contribution in [0.5, 0.6) is 0 Å². The van der Waals surface area contributed by atoms with E-state index in [0.717, 1.165) is 27.8 Å². The molecule has 186 valence electrons. The van der Waals surface area contributed by atoms with Crippen LogP contribution >= 0.6 is 0 Å². The predicted octanol–water partition coefficient (Wildman–Crippen LogP) is 5.99. The molecule has 36 heavy (non-hydrogen) atoms. The number of alkyl halides is 1. The summed E-state index contributed by atoms with van der Waals surface area (Å²) in [5.41, 5.74) is 2.16. The van der Waals surface area contributed by atoms with Gasteiger partial charge in [-0.3, -0.25) is 5.10 Å². The number of aliphatic carboxylic acids is 1. The number of H-pyrrole nitrogens is 1. The van der Waals surface area contributed by atoms with Gasteiger partial charge in [0, 0.05) is 34.2 Å². The molecule has 1 fully saturated rings. The van der Waals surface area contributed by atoms with Crippen molar-refractivity contribution in [3.63, 3.8) is 0 Å². The van der Waals surface area contributed by atoms with Crippen LogP contribution in [0.15, 0.2) is 30.5 Å². The number of carboxylic acid groups (broad SMARTS) is 1. The number of carbonyl (C=O) groups is 1. The van der Waals surface area contributed by atoms with Crippen molar-refractivity contribution in [3.8, 4) is 11.8 Å². The highest BCUT2D eigenvalue weighted by molar-refractivity contribution is 5.94. The predicted molar refractivity (Wildman–Crippen MR) is 131 cm³/mol. The van der Waals surface area contributed by atoms with Crippen LogP contribution in [0.4, 0.5) is 8.78 Å². The van der Waals surface area contributed by atoms with Crippen molar-refractivity contribution in [2.75, 3.05) is 0 Å². The Morgan fingerprint density at radius 2 is 2.06 bits per heavy atom. The average molecular weight is 492 g/mol. The number of hydrogen-bond acceptors (Lipinski definition) is 4. The van der Waals surface area contributed by atoms with Crippen molar-refractivity contribution in [1.29, 1.82) is 5.26 Å². The highest BCUT2D eigenvalue weighted by Gasteiger charge is 2.45. The van der Waals surface area contributed by atoms with Crippen molar-refractivity contribution < 1.29 is 18.7 Å². The van der Waals surface area contributed by atoms with Crippen LogP contribution in [-0.4, -0.2) is 36.5 Å². The van der Waals surface area contributed by atoms with Gasteiger partial charge in [0.2, 0.25) is 5.67 Å². The van der Waals surface area contributed by atoms with E-state index >= 15 is 0 Å². The van der Waals surface area contributed by atoms with Gasteiger partial charge < -0.3 is 9.67 Å². The van der Waals surface area contributed by atoms with E-state index in [9.17, 15) is 23.9 Å². The molecule has 1 saturated carbocycles. The first-order chi connectivity index (χ1) is 17.1. The molecule has 0 bridgehead atoms. The summed E-state index contributed by atoms with van der Waals surface area (Å²) in [6.45, 7) is 5.66. The molecule has 0 amide bonds. The van der Waals surface area contributed by atoms with Gasteiger partial charge in [-0.2, -0.15) is 10.4 Å². The number of nitrogens with one attached hydrogen (secondary N) is 1. The monoisotopic (exact) mass is 491 g/mol. The van der Waals surface area contributed by atoms with Crippen LogP contribution in [0, 0.1) is 24.1 Å². The summed E-state index contributed by atoms with van der Waals surface area (Å²) in [6.07, 6.45) is 2.37. The number of carboxylic acids is 1. The summed E-state index contributed by atoms with van der Waals surface area (Å²) >= 11 is 0. The Bertz CT molecular complexity index is 1540. The number of benzene rings is 1. The molecule has 1 aliphatic rings. The second-order valence-corrected chi connectivity index (χ2v) is 10.5. The standard InChI is InChI=1S/C27H27F2N5O2/c1-15-12-18(4-5-19(15)28)34-20-13-17-14-31-33-24(17)32-22(20)21(23(34)26(2,3)10-11-30)16-6-8-27(29,9-7-16)25(35)36/h4-5,12-14,16H,6-10H2,1-3H3,(H,35,36)(H,31,32,33). The van der Waals surface area contributed by atoms with Crippen LogP contribution < -0.4 is 0 Å². The van der Waals surface area contributed by atoms with E-state index in [-0.39, 0.29) is 31.0 Å². The summed E-state index contributed by atoms with van der Waals surface area (Å²) in [6, 6.07) is 9.15. The van der Waals surface area contributed by atoms with Gasteiger partial charge in [-0.25, -0.2) is 18.6 Å². The highest BCUT2D eigenvalue weighted by Crippen LogP contribution is 2.48. The number of nitrogens with zero attached hydrogens (tertiary/aromatic N) is 4. The van der Waals surface area contributed by atoms with Gasteiger partial charge in [0.15, 0.2) is 5.65 Å². The second kappa shape index (κ2) is 8.40. The SMILES string of the molecule is Cc1cc(-n2c(C(C)(C)CC#N)c(C3CCC(F)(C(=O)O)CC3)c3nc4[nH]ncc4cc32)ccc1F. The molecule has 0 saturated heterocycles. The van der Waals surface area contributed by atoms with Crippen molar-refractivity contribution in [3.05, 3.63) is 53.1 Å². The molecule has 1 aliphatic carbocycles. The largest absolute Gasteiger partial charge is 0.479 e.